The number of carbonyl (C=O) groups excluding carboxylic acids is 1. The maximum Gasteiger partial charge on any atom is 0.341 e. The van der Waals surface area contributed by atoms with Crippen molar-refractivity contribution in [2.45, 2.75) is 18.7 Å². The Bertz CT molecular complexity index is 427. The fraction of sp³-hybridized carbons (Fsp3) is 0.400. The molecule has 17 heavy (non-hydrogen) atoms. The monoisotopic (exact) mass is 371 g/mol. The van der Waals surface area contributed by atoms with E-state index in [1.165, 1.54) is 6.20 Å². The van der Waals surface area contributed by atoms with Gasteiger partial charge in [0.2, 0.25) is 0 Å². The van der Waals surface area contributed by atoms with Crippen LogP contribution in [0.4, 0.5) is 8.78 Å². The number of esters is 1. The van der Waals surface area contributed by atoms with Gasteiger partial charge < -0.3 is 4.74 Å². The molecule has 7 heteroatoms. The molecule has 0 aliphatic heterocycles. The van der Waals surface area contributed by atoms with Gasteiger partial charge in [0.1, 0.15) is 10.2 Å². The number of hydrogen-bond acceptors (Lipinski definition) is 3. The Labute approximate surface area is 114 Å². The molecule has 0 saturated carbocycles. The maximum atomic E-state index is 13.0. The van der Waals surface area contributed by atoms with Crippen molar-refractivity contribution < 1.29 is 18.3 Å². The zero-order valence-corrected chi connectivity index (χ0v) is 12.0. The Morgan fingerprint density at radius 2 is 2.24 bits per heavy atom. The van der Waals surface area contributed by atoms with Gasteiger partial charge in [0.25, 0.3) is 6.43 Å². The van der Waals surface area contributed by atoms with Gasteiger partial charge in [-0.15, -0.1) is 0 Å². The Balaban J connectivity index is 3.38. The van der Waals surface area contributed by atoms with Crippen LogP contribution in [-0.2, 0) is 10.1 Å². The lowest BCUT2D eigenvalue weighted by atomic mass is 10.1. The number of ether oxygens (including phenoxy) is 1. The largest absolute Gasteiger partial charge is 0.462 e. The third-order valence-corrected chi connectivity index (χ3v) is 3.20. The van der Waals surface area contributed by atoms with E-state index in [2.05, 4.69) is 36.8 Å². The van der Waals surface area contributed by atoms with E-state index in [9.17, 15) is 13.6 Å². The number of halogens is 4. The van der Waals surface area contributed by atoms with Gasteiger partial charge >= 0.3 is 5.97 Å². The second kappa shape index (κ2) is 6.39. The third-order valence-electron chi connectivity index (χ3n) is 2.00. The Morgan fingerprint density at radius 3 is 2.71 bits per heavy atom. The second-order valence-corrected chi connectivity index (χ2v) is 4.33. The van der Waals surface area contributed by atoms with E-state index in [0.29, 0.717) is 0 Å². The molecule has 3 nitrogen and oxygen atoms in total. The normalized spacial score (nSPS) is 10.7. The minimum Gasteiger partial charge on any atom is -0.462 e. The molecule has 0 unspecified atom stereocenters. The topological polar surface area (TPSA) is 39.2 Å². The number of alkyl halides is 3. The molecule has 1 heterocycles. The van der Waals surface area contributed by atoms with Crippen molar-refractivity contribution in [3.05, 3.63) is 27.5 Å². The minimum absolute atomic E-state index is 0.0657. The number of nitrogens with zero attached hydrogens (tertiary/aromatic N) is 1. The van der Waals surface area contributed by atoms with E-state index in [1.54, 1.807) is 6.92 Å². The highest BCUT2D eigenvalue weighted by Gasteiger charge is 2.26. The van der Waals surface area contributed by atoms with Crippen LogP contribution in [0.5, 0.6) is 0 Å². The fourth-order valence-corrected chi connectivity index (χ4v) is 2.22. The predicted molar refractivity (Wildman–Crippen MR) is 65.5 cm³/mol. The van der Waals surface area contributed by atoms with Crippen LogP contribution in [0.2, 0.25) is 0 Å². The van der Waals surface area contributed by atoms with Crippen LogP contribution in [0.15, 0.2) is 10.8 Å². The molecule has 0 aromatic carbocycles. The van der Waals surface area contributed by atoms with Crippen molar-refractivity contribution in [3.63, 3.8) is 0 Å². The van der Waals surface area contributed by atoms with Gasteiger partial charge in [-0.2, -0.15) is 0 Å². The highest BCUT2D eigenvalue weighted by Crippen LogP contribution is 2.32. The lowest BCUT2D eigenvalue weighted by molar-refractivity contribution is 0.0513. The highest BCUT2D eigenvalue weighted by atomic mass is 79.9. The molecule has 0 fully saturated rings. The average Bonchev–Trinajstić information content (AvgIpc) is 2.28. The Kier molecular flexibility index (Phi) is 5.45. The Morgan fingerprint density at radius 1 is 1.59 bits per heavy atom. The van der Waals surface area contributed by atoms with Crippen LogP contribution in [0.3, 0.4) is 0 Å². The van der Waals surface area contributed by atoms with Gasteiger partial charge in [-0.1, -0.05) is 15.9 Å². The Hall–Kier alpha value is -0.560. The fourth-order valence-electron chi connectivity index (χ4n) is 1.29. The maximum absolute atomic E-state index is 13.0. The first-order valence-corrected chi connectivity index (χ1v) is 6.62. The summed E-state index contributed by atoms with van der Waals surface area (Å²) in [5, 5.41) is 0.194. The van der Waals surface area contributed by atoms with Gasteiger partial charge in [-0.25, -0.2) is 18.6 Å². The average molecular weight is 373 g/mol. The lowest BCUT2D eigenvalue weighted by Gasteiger charge is -2.12. The van der Waals surface area contributed by atoms with Crippen LogP contribution in [0.25, 0.3) is 0 Å². The number of hydrogen-bond donors (Lipinski definition) is 0. The van der Waals surface area contributed by atoms with Crippen molar-refractivity contribution >= 4 is 37.8 Å². The third kappa shape index (κ3) is 3.22. The summed E-state index contributed by atoms with van der Waals surface area (Å²) in [5.74, 6) is -0.801. The van der Waals surface area contributed by atoms with Crippen molar-refractivity contribution in [1.82, 2.24) is 4.98 Å². The summed E-state index contributed by atoms with van der Waals surface area (Å²) in [5.41, 5.74) is -0.285. The molecular formula is C10H9Br2F2NO2. The van der Waals surface area contributed by atoms with E-state index in [-0.39, 0.29) is 33.2 Å². The molecule has 94 valence electrons. The van der Waals surface area contributed by atoms with Gasteiger partial charge in [-0.05, 0) is 28.4 Å². The zero-order chi connectivity index (χ0) is 13.0. The molecule has 0 N–H and O–H groups in total. The van der Waals surface area contributed by atoms with Crippen molar-refractivity contribution in [2.75, 3.05) is 6.61 Å². The standard InChI is InChI=1S/C10H9Br2F2NO2/c1-2-17-10(16)7-6(9(13)14)5(3-11)4-15-8(7)12/h4,9H,2-3H2,1H3. The van der Waals surface area contributed by atoms with E-state index >= 15 is 0 Å². The van der Waals surface area contributed by atoms with Crippen LogP contribution in [0.1, 0.15) is 34.8 Å². The molecule has 0 atom stereocenters. The number of pyridine rings is 1. The zero-order valence-electron chi connectivity index (χ0n) is 8.84. The lowest BCUT2D eigenvalue weighted by Crippen LogP contribution is -2.12. The molecule has 1 rings (SSSR count). The minimum atomic E-state index is -2.76. The van der Waals surface area contributed by atoms with Crippen molar-refractivity contribution in [2.24, 2.45) is 0 Å². The summed E-state index contributed by atoms with van der Waals surface area (Å²) in [7, 11) is 0. The van der Waals surface area contributed by atoms with Crippen LogP contribution < -0.4 is 0 Å². The first-order valence-electron chi connectivity index (χ1n) is 4.71. The number of rotatable bonds is 4. The van der Waals surface area contributed by atoms with Gasteiger partial charge in [0.05, 0.1) is 6.61 Å². The smallest absolute Gasteiger partial charge is 0.341 e. The summed E-state index contributed by atoms with van der Waals surface area (Å²) in [4.78, 5) is 15.5. The first-order chi connectivity index (χ1) is 8.02. The molecule has 0 aliphatic carbocycles. The molecule has 1 aromatic rings. The molecule has 0 amide bonds. The van der Waals surface area contributed by atoms with Crippen LogP contribution in [0, 0.1) is 0 Å². The summed E-state index contributed by atoms with van der Waals surface area (Å²) in [6, 6.07) is 0. The van der Waals surface area contributed by atoms with Crippen LogP contribution >= 0.6 is 31.9 Å². The van der Waals surface area contributed by atoms with Crippen molar-refractivity contribution in [1.29, 1.82) is 0 Å². The highest BCUT2D eigenvalue weighted by molar-refractivity contribution is 9.10. The predicted octanol–water partition coefficient (Wildman–Crippen LogP) is 3.85. The van der Waals surface area contributed by atoms with E-state index in [0.717, 1.165) is 0 Å². The van der Waals surface area contributed by atoms with E-state index < -0.39 is 12.4 Å². The molecule has 1 aromatic heterocycles. The first kappa shape index (κ1) is 14.5. The SMILES string of the molecule is CCOC(=O)c1c(Br)ncc(CBr)c1C(F)F. The van der Waals surface area contributed by atoms with Gasteiger partial charge in [0, 0.05) is 17.1 Å². The molecular weight excluding hydrogens is 364 g/mol. The van der Waals surface area contributed by atoms with Crippen LogP contribution in [-0.4, -0.2) is 17.6 Å². The number of aromatic nitrogens is 1. The van der Waals surface area contributed by atoms with E-state index in [4.69, 9.17) is 4.74 Å². The van der Waals surface area contributed by atoms with E-state index in [1.807, 2.05) is 0 Å². The van der Waals surface area contributed by atoms with Crippen molar-refractivity contribution in [3.8, 4) is 0 Å². The molecule has 0 bridgehead atoms. The second-order valence-electron chi connectivity index (χ2n) is 3.02. The quantitative estimate of drug-likeness (QED) is 0.457. The molecule has 0 spiro atoms. The van der Waals surface area contributed by atoms with Gasteiger partial charge in [0.15, 0.2) is 0 Å². The number of carbonyl (C=O) groups is 1. The summed E-state index contributed by atoms with van der Waals surface area (Å²) < 4.78 is 30.8. The molecule has 0 aliphatic rings. The summed E-state index contributed by atoms with van der Waals surface area (Å²) in [6.07, 6.45) is -1.47. The summed E-state index contributed by atoms with van der Waals surface area (Å²) >= 11 is 6.07. The molecule has 0 radical (unpaired) electrons. The molecule has 0 saturated heterocycles. The summed E-state index contributed by atoms with van der Waals surface area (Å²) in [6.45, 7) is 1.72. The van der Waals surface area contributed by atoms with Gasteiger partial charge in [-0.3, -0.25) is 0 Å².